The first-order valence-corrected chi connectivity index (χ1v) is 5.11. The Morgan fingerprint density at radius 2 is 2.12 bits per heavy atom. The number of methoxy groups -OCH3 is 1. The molecule has 16 heavy (non-hydrogen) atoms. The zero-order valence-electron chi connectivity index (χ0n) is 9.24. The molecule has 0 spiro atoms. The summed E-state index contributed by atoms with van der Waals surface area (Å²) in [6.45, 7) is 2.34. The molecule has 1 aliphatic rings. The molecule has 86 valence electrons. The fourth-order valence-corrected chi connectivity index (χ4v) is 2.36. The first-order chi connectivity index (χ1) is 7.57. The van der Waals surface area contributed by atoms with Crippen molar-refractivity contribution in [3.8, 4) is 0 Å². The van der Waals surface area contributed by atoms with E-state index in [1.165, 1.54) is 7.11 Å². The number of esters is 1. The number of hydrogen-bond donors (Lipinski definition) is 1. The number of rotatable bonds is 2. The van der Waals surface area contributed by atoms with Gasteiger partial charge in [0.2, 0.25) is 0 Å². The Hall–Kier alpha value is -1.78. The molecule has 1 N–H and O–H groups in total. The average molecular weight is 223 g/mol. The van der Waals surface area contributed by atoms with Crippen LogP contribution in [0.2, 0.25) is 0 Å². The van der Waals surface area contributed by atoms with Crippen LogP contribution in [-0.2, 0) is 17.7 Å². The molecule has 5 nitrogen and oxygen atoms in total. The van der Waals surface area contributed by atoms with Gasteiger partial charge in [-0.3, -0.25) is 0 Å². The second kappa shape index (κ2) is 3.66. The highest BCUT2D eigenvalue weighted by atomic mass is 16.5. The maximum atomic E-state index is 11.6. The molecule has 0 aliphatic carbocycles. The Morgan fingerprint density at radius 3 is 2.69 bits per heavy atom. The van der Waals surface area contributed by atoms with Crippen molar-refractivity contribution in [3.05, 3.63) is 22.5 Å². The van der Waals surface area contributed by atoms with Crippen LogP contribution in [0.4, 0.5) is 0 Å². The zero-order valence-corrected chi connectivity index (χ0v) is 9.24. The highest BCUT2D eigenvalue weighted by Crippen LogP contribution is 2.29. The first-order valence-electron chi connectivity index (χ1n) is 5.11. The van der Waals surface area contributed by atoms with Gasteiger partial charge in [0, 0.05) is 12.2 Å². The highest BCUT2D eigenvalue weighted by Gasteiger charge is 2.30. The van der Waals surface area contributed by atoms with Crippen molar-refractivity contribution in [2.24, 2.45) is 0 Å². The molecule has 0 saturated heterocycles. The molecule has 0 aromatic carbocycles. The third kappa shape index (κ3) is 1.31. The van der Waals surface area contributed by atoms with Gasteiger partial charge >= 0.3 is 11.9 Å². The van der Waals surface area contributed by atoms with Gasteiger partial charge in [0.1, 0.15) is 5.69 Å². The van der Waals surface area contributed by atoms with Gasteiger partial charge in [0.15, 0.2) is 0 Å². The van der Waals surface area contributed by atoms with Gasteiger partial charge in [0.25, 0.3) is 0 Å². The second-order valence-corrected chi connectivity index (χ2v) is 3.85. The van der Waals surface area contributed by atoms with Crippen LogP contribution in [0.1, 0.15) is 38.5 Å². The number of fused-ring (bicyclic) bond motifs is 1. The molecule has 5 heteroatoms. The number of aromatic nitrogens is 1. The van der Waals surface area contributed by atoms with Crippen LogP contribution in [0.3, 0.4) is 0 Å². The maximum absolute atomic E-state index is 11.6. The van der Waals surface area contributed by atoms with Crippen LogP contribution >= 0.6 is 0 Å². The van der Waals surface area contributed by atoms with Crippen molar-refractivity contribution in [1.82, 2.24) is 4.57 Å². The lowest BCUT2D eigenvalue weighted by Gasteiger charge is -2.04. The van der Waals surface area contributed by atoms with Crippen LogP contribution in [0.5, 0.6) is 0 Å². The summed E-state index contributed by atoms with van der Waals surface area (Å²) in [4.78, 5) is 22.7. The minimum Gasteiger partial charge on any atom is -0.478 e. The van der Waals surface area contributed by atoms with Crippen molar-refractivity contribution in [2.45, 2.75) is 26.3 Å². The molecule has 0 bridgehead atoms. The van der Waals surface area contributed by atoms with Crippen molar-refractivity contribution < 1.29 is 19.4 Å². The van der Waals surface area contributed by atoms with Crippen LogP contribution in [-0.4, -0.2) is 28.7 Å². The van der Waals surface area contributed by atoms with Crippen LogP contribution in [0.25, 0.3) is 0 Å². The van der Waals surface area contributed by atoms with E-state index in [2.05, 4.69) is 4.74 Å². The van der Waals surface area contributed by atoms with E-state index >= 15 is 0 Å². The third-order valence-corrected chi connectivity index (χ3v) is 3.00. The Morgan fingerprint density at radius 1 is 1.44 bits per heavy atom. The monoisotopic (exact) mass is 223 g/mol. The topological polar surface area (TPSA) is 68.5 Å². The molecule has 0 unspecified atom stereocenters. The standard InChI is InChI=1S/C11H13NO4/c1-6-8(10(13)14)7-4-3-5-12(7)9(6)11(15)16-2/h3-5H2,1-2H3,(H,13,14). The lowest BCUT2D eigenvalue weighted by atomic mass is 10.1. The summed E-state index contributed by atoms with van der Waals surface area (Å²) in [5, 5.41) is 9.13. The predicted molar refractivity (Wildman–Crippen MR) is 55.8 cm³/mol. The molecule has 0 radical (unpaired) electrons. The SMILES string of the molecule is COC(=O)c1c(C)c(C(=O)O)c2n1CCC2. The highest BCUT2D eigenvalue weighted by molar-refractivity contribution is 5.98. The molecule has 1 aliphatic heterocycles. The summed E-state index contributed by atoms with van der Waals surface area (Å²) >= 11 is 0. The normalized spacial score (nSPS) is 13.6. The molecular formula is C11H13NO4. The van der Waals surface area contributed by atoms with Crippen molar-refractivity contribution in [2.75, 3.05) is 7.11 Å². The fraction of sp³-hybridized carbons (Fsp3) is 0.455. The van der Waals surface area contributed by atoms with Gasteiger partial charge in [-0.25, -0.2) is 9.59 Å². The molecule has 0 fully saturated rings. The lowest BCUT2D eigenvalue weighted by molar-refractivity contribution is 0.0587. The maximum Gasteiger partial charge on any atom is 0.354 e. The Bertz CT molecular complexity index is 473. The van der Waals surface area contributed by atoms with Gasteiger partial charge in [0.05, 0.1) is 12.7 Å². The van der Waals surface area contributed by atoms with Crippen LogP contribution in [0, 0.1) is 6.92 Å². The summed E-state index contributed by atoms with van der Waals surface area (Å²) in [5.74, 6) is -1.44. The van der Waals surface area contributed by atoms with E-state index in [9.17, 15) is 9.59 Å². The largest absolute Gasteiger partial charge is 0.478 e. The van der Waals surface area contributed by atoms with E-state index in [-0.39, 0.29) is 5.56 Å². The number of carboxylic acid groups (broad SMARTS) is 1. The van der Waals surface area contributed by atoms with E-state index < -0.39 is 11.9 Å². The third-order valence-electron chi connectivity index (χ3n) is 3.00. The predicted octanol–water partition coefficient (Wildman–Crippen LogP) is 1.23. The van der Waals surface area contributed by atoms with Gasteiger partial charge in [-0.05, 0) is 25.3 Å². The Labute approximate surface area is 92.6 Å². The van der Waals surface area contributed by atoms with Gasteiger partial charge in [-0.1, -0.05) is 0 Å². The van der Waals surface area contributed by atoms with E-state index in [1.54, 1.807) is 11.5 Å². The van der Waals surface area contributed by atoms with Gasteiger partial charge in [-0.15, -0.1) is 0 Å². The summed E-state index contributed by atoms with van der Waals surface area (Å²) in [5.41, 5.74) is 1.89. The fourth-order valence-electron chi connectivity index (χ4n) is 2.36. The number of aromatic carboxylic acids is 1. The van der Waals surface area contributed by atoms with E-state index in [0.717, 1.165) is 12.1 Å². The summed E-state index contributed by atoms with van der Waals surface area (Å²) < 4.78 is 6.45. The number of carboxylic acids is 1. The van der Waals surface area contributed by atoms with Gasteiger partial charge in [-0.2, -0.15) is 0 Å². The summed E-state index contributed by atoms with van der Waals surface area (Å²) in [7, 11) is 1.30. The molecule has 2 rings (SSSR count). The number of carbonyl (C=O) groups excluding carboxylic acids is 1. The molecule has 1 aromatic heterocycles. The molecule has 2 heterocycles. The van der Waals surface area contributed by atoms with Crippen molar-refractivity contribution in [1.29, 1.82) is 0 Å². The van der Waals surface area contributed by atoms with E-state index in [0.29, 0.717) is 24.2 Å². The zero-order chi connectivity index (χ0) is 11.9. The molecule has 0 saturated carbocycles. The molecule has 0 atom stereocenters. The Balaban J connectivity index is 2.67. The minimum atomic E-state index is -0.974. The lowest BCUT2D eigenvalue weighted by Crippen LogP contribution is -2.10. The summed E-state index contributed by atoms with van der Waals surface area (Å²) in [6.07, 6.45) is 1.58. The summed E-state index contributed by atoms with van der Waals surface area (Å²) in [6, 6.07) is 0. The number of hydrogen-bond acceptors (Lipinski definition) is 3. The molecule has 0 amide bonds. The number of nitrogens with zero attached hydrogens (tertiary/aromatic N) is 1. The Kier molecular flexibility index (Phi) is 2.46. The molecule has 1 aromatic rings. The van der Waals surface area contributed by atoms with Crippen molar-refractivity contribution in [3.63, 3.8) is 0 Å². The van der Waals surface area contributed by atoms with Crippen LogP contribution in [0.15, 0.2) is 0 Å². The van der Waals surface area contributed by atoms with Gasteiger partial charge < -0.3 is 14.4 Å². The minimum absolute atomic E-state index is 0.262. The molecular weight excluding hydrogens is 210 g/mol. The van der Waals surface area contributed by atoms with E-state index in [1.807, 2.05) is 0 Å². The smallest absolute Gasteiger partial charge is 0.354 e. The van der Waals surface area contributed by atoms with Crippen molar-refractivity contribution >= 4 is 11.9 Å². The number of carbonyl (C=O) groups is 2. The second-order valence-electron chi connectivity index (χ2n) is 3.85. The average Bonchev–Trinajstić information content (AvgIpc) is 2.75. The van der Waals surface area contributed by atoms with Crippen LogP contribution < -0.4 is 0 Å². The van der Waals surface area contributed by atoms with E-state index in [4.69, 9.17) is 5.11 Å². The number of ether oxygens (including phenoxy) is 1. The first kappa shape index (κ1) is 10.7. The quantitative estimate of drug-likeness (QED) is 0.765.